The molecule has 122 valence electrons. The molecule has 5 heteroatoms. The van der Waals surface area contributed by atoms with E-state index in [0.717, 1.165) is 22.7 Å². The number of rotatable bonds is 6. The zero-order valence-electron chi connectivity index (χ0n) is 13.5. The first-order valence-electron chi connectivity index (χ1n) is 7.50. The van der Waals surface area contributed by atoms with Gasteiger partial charge in [0.1, 0.15) is 5.75 Å². The highest BCUT2D eigenvalue weighted by atomic mass is 35.5. The van der Waals surface area contributed by atoms with Gasteiger partial charge in [-0.15, -0.1) is 0 Å². The highest BCUT2D eigenvalue weighted by molar-refractivity contribution is 6.30. The second-order valence-electron chi connectivity index (χ2n) is 5.55. The molecule has 0 aliphatic heterocycles. The average Bonchev–Trinajstić information content (AvgIpc) is 2.49. The third-order valence-corrected chi connectivity index (χ3v) is 3.38. The second kappa shape index (κ2) is 7.88. The number of ether oxygens (including phenoxy) is 1. The maximum absolute atomic E-state index is 12.0. The summed E-state index contributed by atoms with van der Waals surface area (Å²) in [5, 5.41) is 6.60. The van der Waals surface area contributed by atoms with Crippen molar-refractivity contribution in [3.63, 3.8) is 0 Å². The van der Waals surface area contributed by atoms with Crippen molar-refractivity contribution in [2.45, 2.75) is 26.9 Å². The number of amides is 1. The molecule has 2 rings (SSSR count). The van der Waals surface area contributed by atoms with Crippen LogP contribution in [-0.2, 0) is 4.79 Å². The number of halogens is 1. The Morgan fingerprint density at radius 1 is 1.17 bits per heavy atom. The monoisotopic (exact) mass is 332 g/mol. The minimum atomic E-state index is -0.113. The lowest BCUT2D eigenvalue weighted by Crippen LogP contribution is -2.22. The van der Waals surface area contributed by atoms with E-state index in [0.29, 0.717) is 5.02 Å². The molecule has 1 amide bonds. The van der Waals surface area contributed by atoms with Gasteiger partial charge in [-0.2, -0.15) is 0 Å². The van der Waals surface area contributed by atoms with E-state index < -0.39 is 0 Å². The Morgan fingerprint density at radius 3 is 2.48 bits per heavy atom. The summed E-state index contributed by atoms with van der Waals surface area (Å²) in [6.07, 6.45) is 0.141. The number of hydrogen-bond acceptors (Lipinski definition) is 3. The van der Waals surface area contributed by atoms with Crippen molar-refractivity contribution < 1.29 is 9.53 Å². The van der Waals surface area contributed by atoms with Crippen LogP contribution in [0.15, 0.2) is 42.5 Å². The summed E-state index contributed by atoms with van der Waals surface area (Å²) < 4.78 is 5.58. The van der Waals surface area contributed by atoms with Crippen LogP contribution in [0.1, 0.15) is 19.4 Å². The van der Waals surface area contributed by atoms with Crippen LogP contribution < -0.4 is 15.4 Å². The smallest absolute Gasteiger partial charge is 0.243 e. The van der Waals surface area contributed by atoms with Crippen LogP contribution in [0.2, 0.25) is 5.02 Å². The van der Waals surface area contributed by atoms with Gasteiger partial charge in [-0.3, -0.25) is 4.79 Å². The van der Waals surface area contributed by atoms with Crippen LogP contribution in [0, 0.1) is 6.92 Å². The van der Waals surface area contributed by atoms with Crippen molar-refractivity contribution in [3.8, 4) is 5.75 Å². The molecule has 0 aliphatic carbocycles. The summed E-state index contributed by atoms with van der Waals surface area (Å²) in [5.41, 5.74) is 2.56. The van der Waals surface area contributed by atoms with Crippen LogP contribution in [0.3, 0.4) is 0 Å². The Bertz CT molecular complexity index is 669. The van der Waals surface area contributed by atoms with Gasteiger partial charge in [0.2, 0.25) is 5.91 Å². The molecule has 0 aromatic heterocycles. The molecular formula is C18H21ClN2O2. The van der Waals surface area contributed by atoms with Gasteiger partial charge in [0.25, 0.3) is 0 Å². The number of nitrogens with one attached hydrogen (secondary N) is 2. The number of benzene rings is 2. The lowest BCUT2D eigenvalue weighted by molar-refractivity contribution is -0.114. The molecule has 0 spiro atoms. The molecule has 0 fully saturated rings. The molecule has 2 aromatic rings. The standard InChI is InChI=1S/C18H21ClN2O2/c1-12(2)23-16-7-5-15(6-8-16)20-11-18(22)21-17-9-4-14(19)10-13(17)3/h4-10,12,20H,11H2,1-3H3,(H,21,22). The number of aryl methyl sites for hydroxylation is 1. The number of anilines is 2. The minimum absolute atomic E-state index is 0.113. The average molecular weight is 333 g/mol. The first-order chi connectivity index (χ1) is 10.9. The first kappa shape index (κ1) is 17.2. The Labute approximate surface area is 141 Å². The molecule has 0 unspecified atom stereocenters. The molecule has 0 bridgehead atoms. The van der Waals surface area contributed by atoms with Crippen LogP contribution in [0.4, 0.5) is 11.4 Å². The van der Waals surface area contributed by atoms with Crippen molar-refractivity contribution in [2.75, 3.05) is 17.2 Å². The van der Waals surface area contributed by atoms with Gasteiger partial charge in [0, 0.05) is 16.4 Å². The summed E-state index contributed by atoms with van der Waals surface area (Å²) in [6.45, 7) is 6.05. The van der Waals surface area contributed by atoms with E-state index in [1.807, 2.05) is 51.1 Å². The zero-order chi connectivity index (χ0) is 16.8. The molecule has 2 aromatic carbocycles. The van der Waals surface area contributed by atoms with Gasteiger partial charge < -0.3 is 15.4 Å². The van der Waals surface area contributed by atoms with Crippen molar-refractivity contribution in [3.05, 3.63) is 53.1 Å². The molecule has 0 heterocycles. The van der Waals surface area contributed by atoms with E-state index in [1.165, 1.54) is 0 Å². The van der Waals surface area contributed by atoms with E-state index in [-0.39, 0.29) is 18.6 Å². The van der Waals surface area contributed by atoms with Gasteiger partial charge in [0.05, 0.1) is 12.6 Å². The highest BCUT2D eigenvalue weighted by Gasteiger charge is 2.05. The fourth-order valence-electron chi connectivity index (χ4n) is 2.07. The van der Waals surface area contributed by atoms with E-state index in [1.54, 1.807) is 12.1 Å². The molecule has 0 atom stereocenters. The van der Waals surface area contributed by atoms with Crippen LogP contribution in [-0.4, -0.2) is 18.6 Å². The van der Waals surface area contributed by atoms with Crippen molar-refractivity contribution in [1.82, 2.24) is 0 Å². The number of hydrogen-bond donors (Lipinski definition) is 2. The predicted molar refractivity (Wildman–Crippen MR) is 95.5 cm³/mol. The first-order valence-corrected chi connectivity index (χ1v) is 7.88. The van der Waals surface area contributed by atoms with Crippen LogP contribution >= 0.6 is 11.6 Å². The lowest BCUT2D eigenvalue weighted by Gasteiger charge is -2.12. The summed E-state index contributed by atoms with van der Waals surface area (Å²) in [5.74, 6) is 0.699. The summed E-state index contributed by atoms with van der Waals surface area (Å²) in [4.78, 5) is 12.0. The fourth-order valence-corrected chi connectivity index (χ4v) is 2.29. The minimum Gasteiger partial charge on any atom is -0.491 e. The van der Waals surface area contributed by atoms with Gasteiger partial charge in [-0.05, 0) is 68.8 Å². The number of carbonyl (C=O) groups is 1. The van der Waals surface area contributed by atoms with Gasteiger partial charge in [0.15, 0.2) is 0 Å². The van der Waals surface area contributed by atoms with E-state index in [9.17, 15) is 4.79 Å². The second-order valence-corrected chi connectivity index (χ2v) is 5.99. The molecule has 0 aliphatic rings. The third kappa shape index (κ3) is 5.49. The maximum atomic E-state index is 12.0. The SMILES string of the molecule is Cc1cc(Cl)ccc1NC(=O)CNc1ccc(OC(C)C)cc1. The largest absolute Gasteiger partial charge is 0.491 e. The molecule has 23 heavy (non-hydrogen) atoms. The van der Waals surface area contributed by atoms with Crippen LogP contribution in [0.5, 0.6) is 5.75 Å². The predicted octanol–water partition coefficient (Wildman–Crippen LogP) is 4.49. The topological polar surface area (TPSA) is 50.4 Å². The zero-order valence-corrected chi connectivity index (χ0v) is 14.3. The van der Waals surface area contributed by atoms with Gasteiger partial charge in [-0.1, -0.05) is 11.6 Å². The Balaban J connectivity index is 1.86. The molecule has 0 saturated heterocycles. The van der Waals surface area contributed by atoms with E-state index in [2.05, 4.69) is 10.6 Å². The molecule has 2 N–H and O–H groups in total. The van der Waals surface area contributed by atoms with Crippen molar-refractivity contribution in [1.29, 1.82) is 0 Å². The van der Waals surface area contributed by atoms with Gasteiger partial charge in [-0.25, -0.2) is 0 Å². The Kier molecular flexibility index (Phi) is 5.88. The highest BCUT2D eigenvalue weighted by Crippen LogP contribution is 2.20. The van der Waals surface area contributed by atoms with E-state index >= 15 is 0 Å². The van der Waals surface area contributed by atoms with E-state index in [4.69, 9.17) is 16.3 Å². The quantitative estimate of drug-likeness (QED) is 0.819. The molecular weight excluding hydrogens is 312 g/mol. The van der Waals surface area contributed by atoms with Crippen molar-refractivity contribution in [2.24, 2.45) is 0 Å². The summed E-state index contributed by atoms with van der Waals surface area (Å²) in [7, 11) is 0. The Hall–Kier alpha value is -2.20. The molecule has 4 nitrogen and oxygen atoms in total. The maximum Gasteiger partial charge on any atom is 0.243 e. The Morgan fingerprint density at radius 2 is 1.87 bits per heavy atom. The third-order valence-electron chi connectivity index (χ3n) is 3.14. The fraction of sp³-hybridized carbons (Fsp3) is 0.278. The van der Waals surface area contributed by atoms with Crippen molar-refractivity contribution >= 4 is 28.9 Å². The summed E-state index contributed by atoms with van der Waals surface area (Å²) >= 11 is 5.90. The number of carbonyl (C=O) groups excluding carboxylic acids is 1. The normalized spacial score (nSPS) is 10.5. The van der Waals surface area contributed by atoms with Crippen LogP contribution in [0.25, 0.3) is 0 Å². The molecule has 0 saturated carbocycles. The molecule has 0 radical (unpaired) electrons. The summed E-state index contributed by atoms with van der Waals surface area (Å²) in [6, 6.07) is 12.9. The van der Waals surface area contributed by atoms with Gasteiger partial charge >= 0.3 is 0 Å². The lowest BCUT2D eigenvalue weighted by atomic mass is 10.2.